The molecule has 1 aromatic carbocycles. The molecule has 1 aliphatic rings. The topological polar surface area (TPSA) is 149 Å². The summed E-state index contributed by atoms with van der Waals surface area (Å²) in [7, 11) is 0. The van der Waals surface area contributed by atoms with Crippen LogP contribution in [0, 0.1) is 12.8 Å². The third kappa shape index (κ3) is 6.16. The molecule has 200 valence electrons. The summed E-state index contributed by atoms with van der Waals surface area (Å²) >= 11 is 0. The standard InChI is InChI=1S/C27H33N7O4/c1-4-22(36)33-21-11-19(6-5-16(21)2)13-30-27(38)25-24-23(31-15-32-25)20(14-28-24)26(37)29-12-18-7-9-34(10-8-18)17(3)35/h5-6,11,14-15,18,28H,4,7-10,12-13H2,1-3H3,(H,29,37)(H,30,38)(H,33,36). The first-order valence-corrected chi connectivity index (χ1v) is 12.8. The Bertz CT molecular complexity index is 1360. The van der Waals surface area contributed by atoms with E-state index in [2.05, 4.69) is 30.9 Å². The molecular formula is C27H33N7O4. The number of hydrogen-bond acceptors (Lipinski definition) is 6. The molecule has 1 saturated heterocycles. The fourth-order valence-corrected chi connectivity index (χ4v) is 4.49. The number of nitrogens with zero attached hydrogens (tertiary/aromatic N) is 3. The summed E-state index contributed by atoms with van der Waals surface area (Å²) in [5.74, 6) is -0.398. The van der Waals surface area contributed by atoms with Crippen LogP contribution in [0.4, 0.5) is 5.69 Å². The van der Waals surface area contributed by atoms with Crippen molar-refractivity contribution in [2.24, 2.45) is 5.92 Å². The van der Waals surface area contributed by atoms with E-state index in [-0.39, 0.29) is 30.0 Å². The first-order valence-electron chi connectivity index (χ1n) is 12.8. The van der Waals surface area contributed by atoms with Crippen LogP contribution in [0.2, 0.25) is 0 Å². The molecule has 3 aromatic rings. The second-order valence-electron chi connectivity index (χ2n) is 9.54. The number of fused-ring (bicyclic) bond motifs is 1. The van der Waals surface area contributed by atoms with Gasteiger partial charge in [-0.2, -0.15) is 0 Å². The van der Waals surface area contributed by atoms with Gasteiger partial charge in [-0.1, -0.05) is 19.1 Å². The van der Waals surface area contributed by atoms with Crippen molar-refractivity contribution >= 4 is 40.3 Å². The number of rotatable bonds is 8. The summed E-state index contributed by atoms with van der Waals surface area (Å²) in [6.07, 6.45) is 4.86. The molecule has 11 heteroatoms. The SMILES string of the molecule is CCC(=O)Nc1cc(CNC(=O)c2ncnc3c(C(=O)NCC4CCN(C(C)=O)CC4)c[nH]c23)ccc1C. The Balaban J connectivity index is 1.39. The van der Waals surface area contributed by atoms with Gasteiger partial charge in [0, 0.05) is 51.4 Å². The summed E-state index contributed by atoms with van der Waals surface area (Å²) in [6.45, 7) is 7.40. The number of benzene rings is 1. The number of anilines is 1. The van der Waals surface area contributed by atoms with Gasteiger partial charge in [0.2, 0.25) is 11.8 Å². The van der Waals surface area contributed by atoms with Crippen molar-refractivity contribution in [1.82, 2.24) is 30.5 Å². The molecular weight excluding hydrogens is 486 g/mol. The van der Waals surface area contributed by atoms with Crippen LogP contribution >= 0.6 is 0 Å². The van der Waals surface area contributed by atoms with Crippen molar-refractivity contribution < 1.29 is 19.2 Å². The molecule has 11 nitrogen and oxygen atoms in total. The van der Waals surface area contributed by atoms with Crippen LogP contribution in [-0.4, -0.2) is 63.1 Å². The molecule has 3 heterocycles. The van der Waals surface area contributed by atoms with Crippen LogP contribution in [0.5, 0.6) is 0 Å². The maximum absolute atomic E-state index is 13.0. The monoisotopic (exact) mass is 519 g/mol. The number of aryl methyl sites for hydroxylation is 1. The normalized spacial score (nSPS) is 13.8. The van der Waals surface area contributed by atoms with Crippen molar-refractivity contribution in [1.29, 1.82) is 0 Å². The Hall–Kier alpha value is -4.28. The molecule has 0 spiro atoms. The minimum atomic E-state index is -0.414. The second kappa shape index (κ2) is 11.8. The minimum Gasteiger partial charge on any atom is -0.357 e. The molecule has 0 saturated carbocycles. The van der Waals surface area contributed by atoms with Gasteiger partial charge in [0.25, 0.3) is 11.8 Å². The van der Waals surface area contributed by atoms with Crippen molar-refractivity contribution in [2.45, 2.75) is 46.6 Å². The Morgan fingerprint density at radius 1 is 1.08 bits per heavy atom. The molecule has 0 bridgehead atoms. The number of carbonyl (C=O) groups excluding carboxylic acids is 4. The van der Waals surface area contributed by atoms with Gasteiger partial charge in [-0.05, 0) is 42.9 Å². The number of hydrogen-bond donors (Lipinski definition) is 4. The predicted molar refractivity (Wildman–Crippen MR) is 142 cm³/mol. The predicted octanol–water partition coefficient (Wildman–Crippen LogP) is 2.53. The van der Waals surface area contributed by atoms with Crippen LogP contribution in [-0.2, 0) is 16.1 Å². The largest absolute Gasteiger partial charge is 0.357 e. The van der Waals surface area contributed by atoms with E-state index >= 15 is 0 Å². The van der Waals surface area contributed by atoms with Gasteiger partial charge in [-0.25, -0.2) is 9.97 Å². The van der Waals surface area contributed by atoms with Gasteiger partial charge < -0.3 is 25.8 Å². The molecule has 0 aliphatic carbocycles. The second-order valence-corrected chi connectivity index (χ2v) is 9.54. The van der Waals surface area contributed by atoms with E-state index in [1.165, 1.54) is 12.5 Å². The maximum atomic E-state index is 13.0. The highest BCUT2D eigenvalue weighted by Gasteiger charge is 2.23. The van der Waals surface area contributed by atoms with E-state index in [0.29, 0.717) is 54.3 Å². The number of likely N-dealkylation sites (tertiary alicyclic amines) is 1. The van der Waals surface area contributed by atoms with Gasteiger partial charge in [0.15, 0.2) is 5.69 Å². The number of aromatic nitrogens is 3. The van der Waals surface area contributed by atoms with Gasteiger partial charge in [-0.3, -0.25) is 19.2 Å². The number of carbonyl (C=O) groups is 4. The minimum absolute atomic E-state index is 0.0786. The molecule has 0 radical (unpaired) electrons. The molecule has 4 N–H and O–H groups in total. The quantitative estimate of drug-likeness (QED) is 0.359. The Morgan fingerprint density at radius 2 is 1.84 bits per heavy atom. The lowest BCUT2D eigenvalue weighted by atomic mass is 9.96. The van der Waals surface area contributed by atoms with E-state index in [1.807, 2.05) is 30.0 Å². The van der Waals surface area contributed by atoms with Crippen LogP contribution in [0.1, 0.15) is 65.1 Å². The van der Waals surface area contributed by atoms with E-state index in [4.69, 9.17) is 0 Å². The fourth-order valence-electron chi connectivity index (χ4n) is 4.49. The summed E-state index contributed by atoms with van der Waals surface area (Å²) in [4.78, 5) is 62.3. The molecule has 0 atom stereocenters. The van der Waals surface area contributed by atoms with E-state index < -0.39 is 5.91 Å². The fraction of sp³-hybridized carbons (Fsp3) is 0.407. The first kappa shape index (κ1) is 26.8. The van der Waals surface area contributed by atoms with E-state index in [1.54, 1.807) is 13.8 Å². The van der Waals surface area contributed by atoms with Crippen LogP contribution in [0.3, 0.4) is 0 Å². The van der Waals surface area contributed by atoms with Gasteiger partial charge >= 0.3 is 0 Å². The van der Waals surface area contributed by atoms with Crippen LogP contribution in [0.15, 0.2) is 30.7 Å². The third-order valence-corrected chi connectivity index (χ3v) is 6.88. The molecule has 1 fully saturated rings. The lowest BCUT2D eigenvalue weighted by Crippen LogP contribution is -2.40. The molecule has 4 amide bonds. The van der Waals surface area contributed by atoms with Crippen molar-refractivity contribution in [3.8, 4) is 0 Å². The Kier molecular flexibility index (Phi) is 8.35. The van der Waals surface area contributed by atoms with E-state index in [0.717, 1.165) is 24.0 Å². The lowest BCUT2D eigenvalue weighted by molar-refractivity contribution is -0.130. The highest BCUT2D eigenvalue weighted by Crippen LogP contribution is 2.21. The van der Waals surface area contributed by atoms with Gasteiger partial charge in [0.05, 0.1) is 11.1 Å². The zero-order valence-electron chi connectivity index (χ0n) is 21.9. The smallest absolute Gasteiger partial charge is 0.272 e. The van der Waals surface area contributed by atoms with Crippen molar-refractivity contribution in [2.75, 3.05) is 25.0 Å². The highest BCUT2D eigenvalue weighted by molar-refractivity contribution is 6.10. The van der Waals surface area contributed by atoms with Gasteiger partial charge in [-0.15, -0.1) is 0 Å². The summed E-state index contributed by atoms with van der Waals surface area (Å²) in [6, 6.07) is 5.60. The Labute approximate surface area is 220 Å². The number of nitrogens with one attached hydrogen (secondary N) is 4. The lowest BCUT2D eigenvalue weighted by Gasteiger charge is -2.31. The Morgan fingerprint density at radius 3 is 2.55 bits per heavy atom. The zero-order valence-corrected chi connectivity index (χ0v) is 21.9. The van der Waals surface area contributed by atoms with Crippen LogP contribution < -0.4 is 16.0 Å². The number of piperidine rings is 1. The summed E-state index contributed by atoms with van der Waals surface area (Å²) < 4.78 is 0. The highest BCUT2D eigenvalue weighted by atomic mass is 16.2. The molecule has 2 aromatic heterocycles. The summed E-state index contributed by atoms with van der Waals surface area (Å²) in [5, 5.41) is 8.67. The van der Waals surface area contributed by atoms with Crippen LogP contribution in [0.25, 0.3) is 11.0 Å². The zero-order chi connectivity index (χ0) is 27.2. The maximum Gasteiger partial charge on any atom is 0.272 e. The van der Waals surface area contributed by atoms with Gasteiger partial charge in [0.1, 0.15) is 11.8 Å². The molecule has 1 aliphatic heterocycles. The number of H-pyrrole nitrogens is 1. The average molecular weight is 520 g/mol. The average Bonchev–Trinajstić information content (AvgIpc) is 3.36. The number of aromatic amines is 1. The van der Waals surface area contributed by atoms with E-state index in [9.17, 15) is 19.2 Å². The number of amides is 4. The molecule has 0 unspecified atom stereocenters. The van der Waals surface area contributed by atoms with Crippen molar-refractivity contribution in [3.05, 3.63) is 53.1 Å². The third-order valence-electron chi connectivity index (χ3n) is 6.88. The first-order chi connectivity index (χ1) is 18.3. The summed E-state index contributed by atoms with van der Waals surface area (Å²) in [5.41, 5.74) is 3.68. The molecule has 38 heavy (non-hydrogen) atoms. The molecule has 4 rings (SSSR count). The van der Waals surface area contributed by atoms with Crippen molar-refractivity contribution in [3.63, 3.8) is 0 Å².